The lowest BCUT2D eigenvalue weighted by Crippen LogP contribution is -2.56. The average Bonchev–Trinajstić information content (AvgIpc) is 3.25. The van der Waals surface area contributed by atoms with Crippen molar-refractivity contribution in [3.63, 3.8) is 0 Å². The number of nitrogens with two attached hydrogens (primary N) is 1. The van der Waals surface area contributed by atoms with Crippen LogP contribution in [0.2, 0.25) is 0 Å². The zero-order valence-corrected chi connectivity index (χ0v) is 23.2. The summed E-state index contributed by atoms with van der Waals surface area (Å²) in [5.74, 6) is -0.624. The first-order valence-electron chi connectivity index (χ1n) is 13.3. The molecule has 0 saturated carbocycles. The van der Waals surface area contributed by atoms with Crippen LogP contribution in [0.25, 0.3) is 0 Å². The van der Waals surface area contributed by atoms with Crippen molar-refractivity contribution in [2.75, 3.05) is 11.9 Å². The Hall–Kier alpha value is -4.14. The topological polar surface area (TPSA) is 198 Å². The van der Waals surface area contributed by atoms with E-state index in [0.29, 0.717) is 12.4 Å². The van der Waals surface area contributed by atoms with E-state index in [1.165, 1.54) is 26.1 Å². The number of anilines is 1. The molecule has 2 heterocycles. The lowest BCUT2D eigenvalue weighted by molar-refractivity contribution is -0.130. The number of aliphatic hydroxyl groups excluding tert-OH is 3. The van der Waals surface area contributed by atoms with Crippen LogP contribution in [0.1, 0.15) is 31.2 Å². The van der Waals surface area contributed by atoms with Crippen molar-refractivity contribution in [3.05, 3.63) is 88.5 Å². The summed E-state index contributed by atoms with van der Waals surface area (Å²) in [6.07, 6.45) is -3.73. The molecule has 0 bridgehead atoms. The van der Waals surface area contributed by atoms with Crippen LogP contribution in [0.15, 0.2) is 71.7 Å². The second-order valence-electron chi connectivity index (χ2n) is 10.5. The molecule has 13 nitrogen and oxygen atoms in total. The molecule has 0 radical (unpaired) electrons. The van der Waals surface area contributed by atoms with Gasteiger partial charge in [-0.25, -0.2) is 4.79 Å². The summed E-state index contributed by atoms with van der Waals surface area (Å²) >= 11 is 0. The molecule has 7 N–H and O–H groups in total. The Labute approximate surface area is 241 Å². The van der Waals surface area contributed by atoms with Gasteiger partial charge in [0, 0.05) is 6.20 Å². The lowest BCUT2D eigenvalue weighted by atomic mass is 10.0. The highest BCUT2D eigenvalue weighted by atomic mass is 16.6. The maximum atomic E-state index is 12.9. The summed E-state index contributed by atoms with van der Waals surface area (Å²) in [5.41, 5.74) is 5.69. The fourth-order valence-electron chi connectivity index (χ4n) is 4.33. The molecule has 1 unspecified atom stereocenters. The number of aliphatic hydroxyl groups is 3. The first-order valence-corrected chi connectivity index (χ1v) is 13.3. The maximum Gasteiger partial charge on any atom is 0.351 e. The Morgan fingerprint density at radius 2 is 1.76 bits per heavy atom. The van der Waals surface area contributed by atoms with Crippen LogP contribution in [0.5, 0.6) is 5.75 Å². The van der Waals surface area contributed by atoms with Gasteiger partial charge >= 0.3 is 5.69 Å². The summed E-state index contributed by atoms with van der Waals surface area (Å²) in [4.78, 5) is 42.1. The number of hydrogen-bond acceptors (Lipinski definition) is 10. The monoisotopic (exact) mass is 581 g/mol. The summed E-state index contributed by atoms with van der Waals surface area (Å²) in [7, 11) is 0. The molecule has 0 aliphatic carbocycles. The molecule has 1 aromatic heterocycles. The van der Waals surface area contributed by atoms with Crippen LogP contribution < -0.4 is 26.8 Å². The Bertz CT molecular complexity index is 1430. The fourth-order valence-corrected chi connectivity index (χ4v) is 4.33. The third-order valence-corrected chi connectivity index (χ3v) is 6.83. The number of carbonyl (C=O) groups is 2. The second-order valence-corrected chi connectivity index (χ2v) is 10.5. The molecule has 224 valence electrons. The van der Waals surface area contributed by atoms with Gasteiger partial charge < -0.3 is 41.2 Å². The van der Waals surface area contributed by atoms with Gasteiger partial charge in [-0.3, -0.25) is 14.2 Å². The van der Waals surface area contributed by atoms with Crippen molar-refractivity contribution in [3.8, 4) is 5.75 Å². The van der Waals surface area contributed by atoms with E-state index in [9.17, 15) is 29.7 Å². The number of aromatic nitrogens is 2. The second kappa shape index (κ2) is 13.2. The predicted molar refractivity (Wildman–Crippen MR) is 151 cm³/mol. The van der Waals surface area contributed by atoms with E-state index in [-0.39, 0.29) is 12.2 Å². The third kappa shape index (κ3) is 7.38. The molecule has 4 rings (SSSR count). The van der Waals surface area contributed by atoms with Gasteiger partial charge in [0.1, 0.15) is 42.0 Å². The number of rotatable bonds is 11. The molecule has 1 saturated heterocycles. The van der Waals surface area contributed by atoms with E-state index < -0.39 is 60.2 Å². The van der Waals surface area contributed by atoms with Gasteiger partial charge in [0.15, 0.2) is 6.23 Å². The minimum atomic E-state index is -1.47. The predicted octanol–water partition coefficient (Wildman–Crippen LogP) is -0.163. The number of carbonyl (C=O) groups excluding carboxylic acids is 2. The smallest absolute Gasteiger partial charge is 0.351 e. The number of ether oxygens (including phenoxy) is 2. The van der Waals surface area contributed by atoms with Gasteiger partial charge in [-0.15, -0.1) is 0 Å². The molecule has 1 aliphatic heterocycles. The highest BCUT2D eigenvalue weighted by Crippen LogP contribution is 2.28. The van der Waals surface area contributed by atoms with Crippen molar-refractivity contribution in [2.45, 2.75) is 63.0 Å². The van der Waals surface area contributed by atoms with Crippen molar-refractivity contribution in [1.82, 2.24) is 14.9 Å². The van der Waals surface area contributed by atoms with Gasteiger partial charge in [-0.2, -0.15) is 4.98 Å². The van der Waals surface area contributed by atoms with E-state index in [1.54, 1.807) is 12.1 Å². The molecule has 2 amide bonds. The van der Waals surface area contributed by atoms with Crippen LogP contribution in [0.3, 0.4) is 0 Å². The number of nitrogens with zero attached hydrogens (tertiary/aromatic N) is 2. The van der Waals surface area contributed by atoms with Crippen molar-refractivity contribution < 1.29 is 34.4 Å². The van der Waals surface area contributed by atoms with E-state index in [2.05, 4.69) is 15.6 Å². The number of hydrogen-bond donors (Lipinski definition) is 6. The van der Waals surface area contributed by atoms with Crippen LogP contribution >= 0.6 is 0 Å². The molecule has 2 aromatic carbocycles. The first kappa shape index (κ1) is 30.8. The summed E-state index contributed by atoms with van der Waals surface area (Å²) < 4.78 is 12.1. The molecule has 13 heteroatoms. The molecule has 5 atom stereocenters. The Morgan fingerprint density at radius 1 is 1.07 bits per heavy atom. The zero-order chi connectivity index (χ0) is 30.4. The molecule has 1 aliphatic rings. The van der Waals surface area contributed by atoms with E-state index in [0.717, 1.165) is 15.7 Å². The van der Waals surface area contributed by atoms with E-state index in [1.807, 2.05) is 42.5 Å². The average molecular weight is 582 g/mol. The van der Waals surface area contributed by atoms with E-state index in [4.69, 9.17) is 15.2 Å². The van der Waals surface area contributed by atoms with Gasteiger partial charge in [0.25, 0.3) is 5.91 Å². The van der Waals surface area contributed by atoms with Crippen LogP contribution in [-0.2, 0) is 27.4 Å². The quantitative estimate of drug-likeness (QED) is 0.177. The lowest BCUT2D eigenvalue weighted by Gasteiger charge is -2.26. The molecule has 1 fully saturated rings. The fraction of sp³-hybridized carbons (Fsp3) is 0.379. The molecule has 42 heavy (non-hydrogen) atoms. The number of amides is 2. The summed E-state index contributed by atoms with van der Waals surface area (Å²) in [5, 5.41) is 34.4. The minimum absolute atomic E-state index is 0.103. The third-order valence-electron chi connectivity index (χ3n) is 6.83. The summed E-state index contributed by atoms with van der Waals surface area (Å²) in [6, 6.07) is 17.4. The Morgan fingerprint density at radius 3 is 2.38 bits per heavy atom. The highest BCUT2D eigenvalue weighted by molar-refractivity contribution is 5.99. The molecule has 0 spiro atoms. The standard InChI is InChI=1S/C29H35N5O8/c1-29(2,27(39)31-22-12-13-34(28(40)32-22)26-24(37)23(36)21(15-35)42-26)33-25(38)20(30)14-17-8-10-19(11-9-17)41-16-18-6-4-3-5-7-18/h3-13,20-21,23-24,26,35-37H,14-16,30H2,1-2H3,(H,33,38)(H,31,32,39,40)/t20-,21+,23+,24-,26?/m0/s1. The molecular weight excluding hydrogens is 546 g/mol. The van der Waals surface area contributed by atoms with Crippen LogP contribution in [-0.4, -0.2) is 73.2 Å². The van der Waals surface area contributed by atoms with Gasteiger partial charge in [-0.1, -0.05) is 42.5 Å². The zero-order valence-electron chi connectivity index (χ0n) is 23.2. The van der Waals surface area contributed by atoms with Gasteiger partial charge in [0.05, 0.1) is 12.6 Å². The number of nitrogens with one attached hydrogen (secondary N) is 2. The molecule has 3 aromatic rings. The summed E-state index contributed by atoms with van der Waals surface area (Å²) in [6.45, 7) is 2.84. The Kier molecular flexibility index (Phi) is 9.70. The van der Waals surface area contributed by atoms with Crippen molar-refractivity contribution >= 4 is 17.6 Å². The highest BCUT2D eigenvalue weighted by Gasteiger charge is 2.43. The van der Waals surface area contributed by atoms with Crippen molar-refractivity contribution in [1.29, 1.82) is 0 Å². The van der Waals surface area contributed by atoms with Crippen LogP contribution in [0.4, 0.5) is 5.82 Å². The Balaban J connectivity index is 1.30. The van der Waals surface area contributed by atoms with Crippen LogP contribution in [0, 0.1) is 0 Å². The minimum Gasteiger partial charge on any atom is -0.489 e. The SMILES string of the molecule is CC(C)(NC(=O)[C@@H](N)Cc1ccc(OCc2ccccc2)cc1)C(=O)Nc1ccn(C2O[C@H](CO)[C@@H](O)[C@@H]2O)c(=O)n1. The number of benzene rings is 2. The van der Waals surface area contributed by atoms with Crippen molar-refractivity contribution in [2.24, 2.45) is 5.73 Å². The van der Waals surface area contributed by atoms with Gasteiger partial charge in [-0.05, 0) is 49.6 Å². The van der Waals surface area contributed by atoms with Gasteiger partial charge in [0.2, 0.25) is 5.91 Å². The molecular formula is C29H35N5O8. The largest absolute Gasteiger partial charge is 0.489 e. The first-order chi connectivity index (χ1) is 20.0. The van der Waals surface area contributed by atoms with E-state index >= 15 is 0 Å². The maximum absolute atomic E-state index is 12.9. The normalized spacial score (nSPS) is 21.0.